The second-order valence-electron chi connectivity index (χ2n) is 6.48. The smallest absolute Gasteiger partial charge is 0.0624 e. The molecule has 17 heavy (non-hydrogen) atoms. The largest absolute Gasteiger partial charge is 0.379 e. The van der Waals surface area contributed by atoms with Gasteiger partial charge in [0.1, 0.15) is 0 Å². The van der Waals surface area contributed by atoms with Crippen molar-refractivity contribution < 1.29 is 4.74 Å². The number of hydrogen-bond donors (Lipinski definition) is 1. The van der Waals surface area contributed by atoms with Crippen molar-refractivity contribution in [3.05, 3.63) is 0 Å². The number of nitrogens with two attached hydrogens (primary N) is 1. The quantitative estimate of drug-likeness (QED) is 0.815. The van der Waals surface area contributed by atoms with E-state index in [1.807, 2.05) is 0 Å². The van der Waals surface area contributed by atoms with Crippen molar-refractivity contribution in [2.45, 2.75) is 45.1 Å². The van der Waals surface area contributed by atoms with E-state index in [9.17, 15) is 0 Å². The predicted molar refractivity (Wildman–Crippen MR) is 71.0 cm³/mol. The van der Waals surface area contributed by atoms with Crippen LogP contribution in [-0.2, 0) is 4.74 Å². The van der Waals surface area contributed by atoms with Gasteiger partial charge in [-0.1, -0.05) is 26.2 Å². The van der Waals surface area contributed by atoms with Crippen molar-refractivity contribution in [1.29, 1.82) is 0 Å². The lowest BCUT2D eigenvalue weighted by molar-refractivity contribution is 0.118. The van der Waals surface area contributed by atoms with Crippen molar-refractivity contribution in [3.8, 4) is 0 Å². The fourth-order valence-corrected chi connectivity index (χ4v) is 3.38. The zero-order chi connectivity index (χ0) is 12.3. The van der Waals surface area contributed by atoms with Gasteiger partial charge in [-0.3, -0.25) is 0 Å². The van der Waals surface area contributed by atoms with Crippen LogP contribution < -0.4 is 5.73 Å². The van der Waals surface area contributed by atoms with Crippen LogP contribution in [-0.4, -0.2) is 44.3 Å². The number of nitrogens with zero attached hydrogens (tertiary/aromatic N) is 1. The predicted octanol–water partition coefficient (Wildman–Crippen LogP) is 1.86. The lowest BCUT2D eigenvalue weighted by atomic mass is 9.84. The van der Waals surface area contributed by atoms with Crippen molar-refractivity contribution in [1.82, 2.24) is 4.90 Å². The molecule has 100 valence electrons. The first-order valence-corrected chi connectivity index (χ1v) is 7.12. The third kappa shape index (κ3) is 3.43. The van der Waals surface area contributed by atoms with Gasteiger partial charge in [0.2, 0.25) is 0 Å². The summed E-state index contributed by atoms with van der Waals surface area (Å²) in [6.45, 7) is 6.13. The van der Waals surface area contributed by atoms with Gasteiger partial charge in [0, 0.05) is 24.5 Å². The Morgan fingerprint density at radius 3 is 2.59 bits per heavy atom. The van der Waals surface area contributed by atoms with Crippen LogP contribution in [0.3, 0.4) is 0 Å². The molecular weight excluding hydrogens is 212 g/mol. The monoisotopic (exact) mass is 240 g/mol. The Hall–Kier alpha value is -0.120. The maximum atomic E-state index is 6.14. The first-order valence-electron chi connectivity index (χ1n) is 7.12. The van der Waals surface area contributed by atoms with Gasteiger partial charge in [0.05, 0.1) is 13.2 Å². The Balaban J connectivity index is 1.77. The summed E-state index contributed by atoms with van der Waals surface area (Å²) >= 11 is 0. The van der Waals surface area contributed by atoms with E-state index in [1.54, 1.807) is 0 Å². The molecule has 0 amide bonds. The lowest BCUT2D eigenvalue weighted by Gasteiger charge is -2.34. The van der Waals surface area contributed by atoms with E-state index >= 15 is 0 Å². The summed E-state index contributed by atoms with van der Waals surface area (Å²) in [5, 5.41) is 0. The molecule has 2 rings (SSSR count). The SMILES string of the molecule is CN(CC1CCCCC1)CC1(C)COCC1N. The van der Waals surface area contributed by atoms with E-state index in [0.29, 0.717) is 0 Å². The molecule has 1 saturated heterocycles. The molecule has 1 aliphatic heterocycles. The molecule has 2 fully saturated rings. The maximum absolute atomic E-state index is 6.14. The number of hydrogen-bond acceptors (Lipinski definition) is 3. The molecule has 2 atom stereocenters. The Labute approximate surface area is 106 Å². The van der Waals surface area contributed by atoms with Gasteiger partial charge in [-0.2, -0.15) is 0 Å². The lowest BCUT2D eigenvalue weighted by Crippen LogP contribution is -2.46. The minimum absolute atomic E-state index is 0.156. The molecule has 1 heterocycles. The van der Waals surface area contributed by atoms with Gasteiger partial charge < -0.3 is 15.4 Å². The highest BCUT2D eigenvalue weighted by Crippen LogP contribution is 2.29. The third-order valence-corrected chi connectivity index (χ3v) is 4.55. The molecule has 1 saturated carbocycles. The molecule has 0 bridgehead atoms. The summed E-state index contributed by atoms with van der Waals surface area (Å²) in [5.41, 5.74) is 6.30. The zero-order valence-electron chi connectivity index (χ0n) is 11.5. The van der Waals surface area contributed by atoms with Crippen LogP contribution >= 0.6 is 0 Å². The summed E-state index contributed by atoms with van der Waals surface area (Å²) in [6.07, 6.45) is 7.14. The standard InChI is InChI=1S/C14H28N2O/c1-14(11-17-9-13(14)15)10-16(2)8-12-6-4-3-5-7-12/h12-13H,3-11,15H2,1-2H3. The molecule has 3 nitrogen and oxygen atoms in total. The fraction of sp³-hybridized carbons (Fsp3) is 1.00. The van der Waals surface area contributed by atoms with Crippen LogP contribution in [0.5, 0.6) is 0 Å². The van der Waals surface area contributed by atoms with Crippen molar-refractivity contribution in [3.63, 3.8) is 0 Å². The van der Waals surface area contributed by atoms with Crippen LogP contribution in [0.2, 0.25) is 0 Å². The molecule has 0 spiro atoms. The van der Waals surface area contributed by atoms with Gasteiger partial charge in [0.25, 0.3) is 0 Å². The van der Waals surface area contributed by atoms with Crippen molar-refractivity contribution >= 4 is 0 Å². The zero-order valence-corrected chi connectivity index (χ0v) is 11.5. The Bertz CT molecular complexity index is 240. The third-order valence-electron chi connectivity index (χ3n) is 4.55. The Kier molecular flexibility index (Phi) is 4.45. The van der Waals surface area contributed by atoms with Gasteiger partial charge in [0.15, 0.2) is 0 Å². The van der Waals surface area contributed by atoms with E-state index in [2.05, 4.69) is 18.9 Å². The minimum atomic E-state index is 0.156. The molecule has 3 heteroatoms. The van der Waals surface area contributed by atoms with Crippen LogP contribution in [0.15, 0.2) is 0 Å². The molecule has 2 aliphatic rings. The highest BCUT2D eigenvalue weighted by Gasteiger charge is 2.38. The van der Waals surface area contributed by atoms with E-state index in [0.717, 1.165) is 25.7 Å². The number of rotatable bonds is 4. The maximum Gasteiger partial charge on any atom is 0.0624 e. The van der Waals surface area contributed by atoms with E-state index in [4.69, 9.17) is 10.5 Å². The van der Waals surface area contributed by atoms with Crippen LogP contribution in [0, 0.1) is 11.3 Å². The molecule has 0 aromatic carbocycles. The molecule has 2 N–H and O–H groups in total. The van der Waals surface area contributed by atoms with Crippen LogP contribution in [0.25, 0.3) is 0 Å². The molecular formula is C14H28N2O. The number of ether oxygens (including phenoxy) is 1. The van der Waals surface area contributed by atoms with E-state index in [1.165, 1.54) is 38.6 Å². The van der Waals surface area contributed by atoms with E-state index < -0.39 is 0 Å². The summed E-state index contributed by atoms with van der Waals surface area (Å²) in [4.78, 5) is 2.48. The van der Waals surface area contributed by atoms with Gasteiger partial charge in [-0.05, 0) is 25.8 Å². The van der Waals surface area contributed by atoms with Gasteiger partial charge in [-0.25, -0.2) is 0 Å². The fourth-order valence-electron chi connectivity index (χ4n) is 3.38. The highest BCUT2D eigenvalue weighted by atomic mass is 16.5. The summed E-state index contributed by atoms with van der Waals surface area (Å²) in [6, 6.07) is 0.205. The Morgan fingerprint density at radius 2 is 2.00 bits per heavy atom. The summed E-state index contributed by atoms with van der Waals surface area (Å²) in [7, 11) is 2.24. The normalized spacial score (nSPS) is 35.6. The summed E-state index contributed by atoms with van der Waals surface area (Å²) < 4.78 is 5.51. The minimum Gasteiger partial charge on any atom is -0.379 e. The highest BCUT2D eigenvalue weighted by molar-refractivity contribution is 4.92. The van der Waals surface area contributed by atoms with Gasteiger partial charge in [-0.15, -0.1) is 0 Å². The van der Waals surface area contributed by atoms with Crippen LogP contribution in [0.1, 0.15) is 39.0 Å². The topological polar surface area (TPSA) is 38.5 Å². The second-order valence-corrected chi connectivity index (χ2v) is 6.48. The van der Waals surface area contributed by atoms with Crippen LogP contribution in [0.4, 0.5) is 0 Å². The molecule has 0 aromatic rings. The molecule has 1 aliphatic carbocycles. The molecule has 0 aromatic heterocycles. The first-order chi connectivity index (χ1) is 8.10. The summed E-state index contributed by atoms with van der Waals surface area (Å²) in [5.74, 6) is 0.913. The molecule has 0 radical (unpaired) electrons. The van der Waals surface area contributed by atoms with Crippen molar-refractivity contribution in [2.24, 2.45) is 17.1 Å². The second kappa shape index (κ2) is 5.68. The Morgan fingerprint density at radius 1 is 1.29 bits per heavy atom. The van der Waals surface area contributed by atoms with Gasteiger partial charge >= 0.3 is 0 Å². The average Bonchev–Trinajstić information content (AvgIpc) is 2.60. The van der Waals surface area contributed by atoms with Crippen molar-refractivity contribution in [2.75, 3.05) is 33.4 Å². The average molecular weight is 240 g/mol. The van der Waals surface area contributed by atoms with E-state index in [-0.39, 0.29) is 11.5 Å². The molecule has 2 unspecified atom stereocenters. The first kappa shape index (κ1) is 13.3.